The minimum absolute atomic E-state index is 0.0835. The molecule has 0 atom stereocenters. The lowest BCUT2D eigenvalue weighted by molar-refractivity contribution is -0.115. The molecule has 3 rings (SSSR count). The van der Waals surface area contributed by atoms with E-state index in [9.17, 15) is 9.59 Å². The van der Waals surface area contributed by atoms with E-state index >= 15 is 0 Å². The summed E-state index contributed by atoms with van der Waals surface area (Å²) >= 11 is 0. The number of piperazine rings is 1. The van der Waals surface area contributed by atoms with Crippen molar-refractivity contribution in [3.63, 3.8) is 0 Å². The summed E-state index contributed by atoms with van der Waals surface area (Å²) < 4.78 is 0. The maximum Gasteiger partial charge on any atom is 0.315 e. The quantitative estimate of drug-likeness (QED) is 0.701. The van der Waals surface area contributed by atoms with Gasteiger partial charge < -0.3 is 25.8 Å². The molecule has 0 bridgehead atoms. The fourth-order valence-electron chi connectivity index (χ4n) is 3.34. The van der Waals surface area contributed by atoms with Crippen LogP contribution in [0.5, 0.6) is 0 Å². The second kappa shape index (κ2) is 9.93. The van der Waals surface area contributed by atoms with Crippen LogP contribution in [0.25, 0.3) is 0 Å². The van der Waals surface area contributed by atoms with Gasteiger partial charge in [0, 0.05) is 44.1 Å². The summed E-state index contributed by atoms with van der Waals surface area (Å²) in [5, 5.41) is 8.16. The van der Waals surface area contributed by atoms with E-state index in [1.54, 1.807) is 0 Å². The SMILES string of the molecule is Cc1cc(NC(=O)CNC(=O)NCc2ccccc2)ccc1N1CCN(C)CC1. The molecule has 0 aromatic heterocycles. The molecular weight excluding hydrogens is 366 g/mol. The van der Waals surface area contributed by atoms with Gasteiger partial charge in [-0.15, -0.1) is 0 Å². The molecular formula is C22H29N5O2. The number of carbonyl (C=O) groups excluding carboxylic acids is 2. The Hall–Kier alpha value is -3.06. The Morgan fingerprint density at radius 3 is 2.38 bits per heavy atom. The van der Waals surface area contributed by atoms with Crippen molar-refractivity contribution in [3.8, 4) is 0 Å². The number of likely N-dealkylation sites (N-methyl/N-ethyl adjacent to an activating group) is 1. The summed E-state index contributed by atoms with van der Waals surface area (Å²) in [5.74, 6) is -0.258. The summed E-state index contributed by atoms with van der Waals surface area (Å²) in [6, 6.07) is 15.2. The van der Waals surface area contributed by atoms with Gasteiger partial charge in [-0.2, -0.15) is 0 Å². The van der Waals surface area contributed by atoms with Gasteiger partial charge in [0.15, 0.2) is 0 Å². The van der Waals surface area contributed by atoms with Gasteiger partial charge >= 0.3 is 6.03 Å². The predicted octanol–water partition coefficient (Wildman–Crippen LogP) is 2.18. The number of nitrogens with one attached hydrogen (secondary N) is 3. The van der Waals surface area contributed by atoms with Crippen LogP contribution in [0, 0.1) is 6.92 Å². The van der Waals surface area contributed by atoms with E-state index in [1.807, 2.05) is 42.5 Å². The Morgan fingerprint density at radius 2 is 1.69 bits per heavy atom. The number of benzene rings is 2. The number of amides is 3. The van der Waals surface area contributed by atoms with E-state index in [-0.39, 0.29) is 18.5 Å². The Balaban J connectivity index is 1.44. The van der Waals surface area contributed by atoms with Crippen molar-refractivity contribution >= 4 is 23.3 Å². The Morgan fingerprint density at radius 1 is 0.966 bits per heavy atom. The minimum atomic E-state index is -0.370. The van der Waals surface area contributed by atoms with Crippen molar-refractivity contribution in [1.29, 1.82) is 0 Å². The third kappa shape index (κ3) is 6.22. The zero-order chi connectivity index (χ0) is 20.6. The van der Waals surface area contributed by atoms with Gasteiger partial charge in [0.2, 0.25) is 5.91 Å². The van der Waals surface area contributed by atoms with Crippen molar-refractivity contribution < 1.29 is 9.59 Å². The molecule has 3 amide bonds. The van der Waals surface area contributed by atoms with Crippen molar-refractivity contribution in [1.82, 2.24) is 15.5 Å². The number of urea groups is 1. The van der Waals surface area contributed by atoms with Crippen molar-refractivity contribution in [2.45, 2.75) is 13.5 Å². The predicted molar refractivity (Wildman–Crippen MR) is 116 cm³/mol. The molecule has 1 saturated heterocycles. The molecule has 1 fully saturated rings. The van der Waals surface area contributed by atoms with E-state index in [1.165, 1.54) is 5.69 Å². The number of hydrogen-bond acceptors (Lipinski definition) is 4. The first-order valence-electron chi connectivity index (χ1n) is 9.91. The molecule has 2 aromatic rings. The van der Waals surface area contributed by atoms with Gasteiger partial charge in [-0.1, -0.05) is 30.3 Å². The molecule has 2 aromatic carbocycles. The average molecular weight is 396 g/mol. The maximum atomic E-state index is 12.2. The third-order valence-corrected chi connectivity index (χ3v) is 5.03. The molecule has 3 N–H and O–H groups in total. The third-order valence-electron chi connectivity index (χ3n) is 5.03. The van der Waals surface area contributed by atoms with Crippen LogP contribution >= 0.6 is 0 Å². The standard InChI is InChI=1S/C22H29N5O2/c1-17-14-19(8-9-20(17)27-12-10-26(2)11-13-27)25-21(28)16-24-22(29)23-15-18-6-4-3-5-7-18/h3-9,14H,10-13,15-16H2,1-2H3,(H,25,28)(H2,23,24,29). The lowest BCUT2D eigenvalue weighted by atomic mass is 10.1. The highest BCUT2D eigenvalue weighted by atomic mass is 16.2. The lowest BCUT2D eigenvalue weighted by Crippen LogP contribution is -2.44. The summed E-state index contributed by atoms with van der Waals surface area (Å²) in [7, 11) is 2.14. The van der Waals surface area contributed by atoms with E-state index in [4.69, 9.17) is 0 Å². The Bertz CT molecular complexity index is 832. The molecule has 0 radical (unpaired) electrons. The van der Waals surface area contributed by atoms with E-state index in [2.05, 4.69) is 45.8 Å². The van der Waals surface area contributed by atoms with Crippen molar-refractivity contribution in [3.05, 3.63) is 59.7 Å². The number of aryl methyl sites for hydroxylation is 1. The van der Waals surface area contributed by atoms with Crippen LogP contribution in [0.2, 0.25) is 0 Å². The number of anilines is 2. The molecule has 1 aliphatic heterocycles. The molecule has 0 unspecified atom stereocenters. The maximum absolute atomic E-state index is 12.2. The topological polar surface area (TPSA) is 76.7 Å². The highest BCUT2D eigenvalue weighted by Crippen LogP contribution is 2.24. The van der Waals surface area contributed by atoms with Gasteiger partial charge in [0.1, 0.15) is 0 Å². The number of carbonyl (C=O) groups is 2. The molecule has 154 valence electrons. The number of nitrogens with zero attached hydrogens (tertiary/aromatic N) is 2. The summed E-state index contributed by atoms with van der Waals surface area (Å²) in [4.78, 5) is 28.7. The van der Waals surface area contributed by atoms with Crippen LogP contribution in [0.3, 0.4) is 0 Å². The van der Waals surface area contributed by atoms with Gasteiger partial charge in [-0.05, 0) is 43.3 Å². The largest absolute Gasteiger partial charge is 0.369 e. The van der Waals surface area contributed by atoms with Crippen molar-refractivity contribution in [2.75, 3.05) is 50.0 Å². The molecule has 1 aliphatic rings. The van der Waals surface area contributed by atoms with E-state index < -0.39 is 0 Å². The molecule has 1 heterocycles. The monoisotopic (exact) mass is 395 g/mol. The molecule has 7 nitrogen and oxygen atoms in total. The summed E-state index contributed by atoms with van der Waals surface area (Å²) in [6.45, 7) is 6.50. The van der Waals surface area contributed by atoms with Crippen LogP contribution in [0.15, 0.2) is 48.5 Å². The lowest BCUT2D eigenvalue weighted by Gasteiger charge is -2.35. The average Bonchev–Trinajstić information content (AvgIpc) is 2.72. The number of hydrogen-bond donors (Lipinski definition) is 3. The summed E-state index contributed by atoms with van der Waals surface area (Å²) in [5.41, 5.74) is 4.07. The Labute approximate surface area is 172 Å². The van der Waals surface area contributed by atoms with Crippen LogP contribution < -0.4 is 20.9 Å². The number of rotatable bonds is 6. The summed E-state index contributed by atoms with van der Waals surface area (Å²) in [6.07, 6.45) is 0. The minimum Gasteiger partial charge on any atom is -0.369 e. The van der Waals surface area contributed by atoms with Crippen LogP contribution in [0.4, 0.5) is 16.2 Å². The Kier molecular flexibility index (Phi) is 7.08. The fourth-order valence-corrected chi connectivity index (χ4v) is 3.34. The molecule has 7 heteroatoms. The first-order valence-corrected chi connectivity index (χ1v) is 9.91. The molecule has 0 spiro atoms. The van der Waals surface area contributed by atoms with Crippen LogP contribution in [0.1, 0.15) is 11.1 Å². The fraction of sp³-hybridized carbons (Fsp3) is 0.364. The van der Waals surface area contributed by atoms with E-state index in [0.717, 1.165) is 43.0 Å². The zero-order valence-electron chi connectivity index (χ0n) is 17.1. The molecule has 29 heavy (non-hydrogen) atoms. The van der Waals surface area contributed by atoms with Crippen molar-refractivity contribution in [2.24, 2.45) is 0 Å². The van der Waals surface area contributed by atoms with Gasteiger partial charge in [0.05, 0.1) is 6.54 Å². The first-order chi connectivity index (χ1) is 14.0. The zero-order valence-corrected chi connectivity index (χ0v) is 17.1. The highest BCUT2D eigenvalue weighted by molar-refractivity contribution is 5.94. The molecule has 0 saturated carbocycles. The normalized spacial score (nSPS) is 14.3. The van der Waals surface area contributed by atoms with Crippen LogP contribution in [-0.4, -0.2) is 56.6 Å². The van der Waals surface area contributed by atoms with E-state index in [0.29, 0.717) is 6.54 Å². The second-order valence-electron chi connectivity index (χ2n) is 7.36. The van der Waals surface area contributed by atoms with Gasteiger partial charge in [0.25, 0.3) is 0 Å². The molecule has 0 aliphatic carbocycles. The van der Waals surface area contributed by atoms with Gasteiger partial charge in [-0.3, -0.25) is 4.79 Å². The smallest absolute Gasteiger partial charge is 0.315 e. The highest BCUT2D eigenvalue weighted by Gasteiger charge is 2.16. The van der Waals surface area contributed by atoms with Gasteiger partial charge in [-0.25, -0.2) is 4.79 Å². The first kappa shape index (κ1) is 20.7. The second-order valence-corrected chi connectivity index (χ2v) is 7.36. The van der Waals surface area contributed by atoms with Crippen LogP contribution in [-0.2, 0) is 11.3 Å².